The molecular formula is C13H7BrFNO4. The van der Waals surface area contributed by atoms with Gasteiger partial charge in [0, 0.05) is 16.1 Å². The number of nitrogens with zero attached hydrogens (tertiary/aromatic N) is 1. The minimum absolute atomic E-state index is 0.177. The van der Waals surface area contributed by atoms with Gasteiger partial charge in [0.2, 0.25) is 5.75 Å². The summed E-state index contributed by atoms with van der Waals surface area (Å²) in [6.45, 7) is 0. The summed E-state index contributed by atoms with van der Waals surface area (Å²) in [5, 5.41) is 10.8. The van der Waals surface area contributed by atoms with Crippen LogP contribution < -0.4 is 4.74 Å². The Morgan fingerprint density at radius 3 is 2.65 bits per heavy atom. The van der Waals surface area contributed by atoms with Crippen molar-refractivity contribution >= 4 is 27.9 Å². The third kappa shape index (κ3) is 2.83. The maximum absolute atomic E-state index is 13.6. The molecule has 0 bridgehead atoms. The molecule has 2 aromatic carbocycles. The van der Waals surface area contributed by atoms with Crippen molar-refractivity contribution < 1.29 is 18.8 Å². The zero-order valence-corrected chi connectivity index (χ0v) is 11.5. The van der Waals surface area contributed by atoms with Gasteiger partial charge in [0.1, 0.15) is 5.75 Å². The summed E-state index contributed by atoms with van der Waals surface area (Å²) in [5.74, 6) is -1.13. The van der Waals surface area contributed by atoms with Crippen LogP contribution in [-0.4, -0.2) is 11.2 Å². The van der Waals surface area contributed by atoms with Crippen molar-refractivity contribution in [1.29, 1.82) is 0 Å². The topological polar surface area (TPSA) is 69.4 Å². The van der Waals surface area contributed by atoms with Crippen LogP contribution >= 0.6 is 15.9 Å². The summed E-state index contributed by atoms with van der Waals surface area (Å²) < 4.78 is 19.3. The van der Waals surface area contributed by atoms with Crippen molar-refractivity contribution in [3.05, 3.63) is 62.4 Å². The molecule has 0 atom stereocenters. The first kappa shape index (κ1) is 14.1. The van der Waals surface area contributed by atoms with Crippen LogP contribution in [0.2, 0.25) is 0 Å². The lowest BCUT2D eigenvalue weighted by molar-refractivity contribution is -0.385. The third-order valence-corrected chi connectivity index (χ3v) is 3.15. The molecule has 7 heteroatoms. The Labute approximate surface area is 121 Å². The predicted molar refractivity (Wildman–Crippen MR) is 72.7 cm³/mol. The first-order valence-corrected chi connectivity index (χ1v) is 6.17. The number of nitro benzene ring substituents is 1. The lowest BCUT2D eigenvalue weighted by Crippen LogP contribution is -1.96. The van der Waals surface area contributed by atoms with Crippen molar-refractivity contribution in [2.75, 3.05) is 0 Å². The first-order valence-electron chi connectivity index (χ1n) is 5.38. The third-order valence-electron chi connectivity index (χ3n) is 2.46. The molecule has 0 N–H and O–H groups in total. The van der Waals surface area contributed by atoms with Crippen LogP contribution in [0, 0.1) is 15.9 Å². The molecule has 2 rings (SSSR count). The summed E-state index contributed by atoms with van der Waals surface area (Å²) in [6, 6.07) is 7.75. The standard InChI is InChI=1S/C13H7BrFNO4/c14-10-6-9(5-4-8(10)7-17)20-13-11(15)2-1-3-12(13)16(18)19/h1-7H. The van der Waals surface area contributed by atoms with Gasteiger partial charge in [0.25, 0.3) is 0 Å². The molecule has 0 amide bonds. The van der Waals surface area contributed by atoms with Gasteiger partial charge >= 0.3 is 5.69 Å². The summed E-state index contributed by atoms with van der Waals surface area (Å²) in [6.07, 6.45) is 0.638. The molecule has 5 nitrogen and oxygen atoms in total. The van der Waals surface area contributed by atoms with Crippen molar-refractivity contribution in [2.45, 2.75) is 0 Å². The monoisotopic (exact) mass is 339 g/mol. The van der Waals surface area contributed by atoms with Gasteiger partial charge in [-0.25, -0.2) is 4.39 Å². The van der Waals surface area contributed by atoms with Crippen LogP contribution in [0.25, 0.3) is 0 Å². The zero-order chi connectivity index (χ0) is 14.7. The molecule has 102 valence electrons. The van der Waals surface area contributed by atoms with Gasteiger partial charge in [-0.05, 0) is 40.2 Å². The lowest BCUT2D eigenvalue weighted by Gasteiger charge is -2.08. The zero-order valence-electron chi connectivity index (χ0n) is 9.88. The van der Waals surface area contributed by atoms with E-state index in [1.165, 1.54) is 24.3 Å². The van der Waals surface area contributed by atoms with E-state index in [9.17, 15) is 19.3 Å². The van der Waals surface area contributed by atoms with Gasteiger partial charge < -0.3 is 4.74 Å². The number of hydrogen-bond acceptors (Lipinski definition) is 4. The Balaban J connectivity index is 2.42. The molecule has 0 saturated carbocycles. The molecule has 0 heterocycles. The van der Waals surface area contributed by atoms with Crippen LogP contribution in [0.15, 0.2) is 40.9 Å². The summed E-state index contributed by atoms with van der Waals surface area (Å²) >= 11 is 3.15. The number of para-hydroxylation sites is 1. The second-order valence-corrected chi connectivity index (χ2v) is 4.60. The Morgan fingerprint density at radius 1 is 1.30 bits per heavy atom. The van der Waals surface area contributed by atoms with Crippen molar-refractivity contribution in [2.24, 2.45) is 0 Å². The molecular weight excluding hydrogens is 333 g/mol. The first-order chi connectivity index (χ1) is 9.52. The van der Waals surface area contributed by atoms with Gasteiger partial charge in [-0.1, -0.05) is 6.07 Å². The largest absolute Gasteiger partial charge is 0.447 e. The maximum atomic E-state index is 13.6. The summed E-state index contributed by atoms with van der Waals surface area (Å²) in [5.41, 5.74) is -0.0824. The highest BCUT2D eigenvalue weighted by Gasteiger charge is 2.20. The van der Waals surface area contributed by atoms with Gasteiger partial charge in [0.15, 0.2) is 12.1 Å². The number of rotatable bonds is 4. The Hall–Kier alpha value is -2.28. The Bertz CT molecular complexity index is 690. The van der Waals surface area contributed by atoms with E-state index in [4.69, 9.17) is 4.74 Å². The van der Waals surface area contributed by atoms with E-state index < -0.39 is 22.2 Å². The highest BCUT2D eigenvalue weighted by atomic mass is 79.9. The number of ether oxygens (including phenoxy) is 1. The second kappa shape index (κ2) is 5.79. The lowest BCUT2D eigenvalue weighted by atomic mass is 10.2. The number of hydrogen-bond donors (Lipinski definition) is 0. The maximum Gasteiger partial charge on any atom is 0.314 e. The highest BCUT2D eigenvalue weighted by Crippen LogP contribution is 2.34. The van der Waals surface area contributed by atoms with Gasteiger partial charge in [0.05, 0.1) is 4.92 Å². The van der Waals surface area contributed by atoms with Crippen LogP contribution in [0.1, 0.15) is 10.4 Å². The SMILES string of the molecule is O=Cc1ccc(Oc2c(F)cccc2[N+](=O)[O-])cc1Br. The molecule has 0 unspecified atom stereocenters. The van der Waals surface area contributed by atoms with E-state index in [2.05, 4.69) is 15.9 Å². The molecule has 0 radical (unpaired) electrons. The van der Waals surface area contributed by atoms with E-state index >= 15 is 0 Å². The van der Waals surface area contributed by atoms with Crippen LogP contribution in [0.4, 0.5) is 10.1 Å². The fourth-order valence-corrected chi connectivity index (χ4v) is 1.98. The number of aldehydes is 1. The molecule has 20 heavy (non-hydrogen) atoms. The number of benzene rings is 2. The summed E-state index contributed by atoms with van der Waals surface area (Å²) in [7, 11) is 0. The van der Waals surface area contributed by atoms with Crippen molar-refractivity contribution in [3.8, 4) is 11.5 Å². The smallest absolute Gasteiger partial charge is 0.314 e. The van der Waals surface area contributed by atoms with E-state index in [1.807, 2.05) is 0 Å². The van der Waals surface area contributed by atoms with Crippen LogP contribution in [-0.2, 0) is 0 Å². The van der Waals surface area contributed by atoms with Crippen LogP contribution in [0.5, 0.6) is 11.5 Å². The number of nitro groups is 1. The van der Waals surface area contributed by atoms with E-state index in [0.717, 1.165) is 12.1 Å². The van der Waals surface area contributed by atoms with Gasteiger partial charge in [-0.3, -0.25) is 14.9 Å². The molecule has 0 aromatic heterocycles. The predicted octanol–water partition coefficient (Wildman–Crippen LogP) is 4.10. The quantitative estimate of drug-likeness (QED) is 0.477. The molecule has 0 aliphatic rings. The minimum atomic E-state index is -0.838. The average Bonchev–Trinajstić information content (AvgIpc) is 2.41. The van der Waals surface area contributed by atoms with Gasteiger partial charge in [-0.15, -0.1) is 0 Å². The number of halogens is 2. The van der Waals surface area contributed by atoms with Crippen LogP contribution in [0.3, 0.4) is 0 Å². The van der Waals surface area contributed by atoms with Crippen molar-refractivity contribution in [3.63, 3.8) is 0 Å². The molecule has 0 fully saturated rings. The van der Waals surface area contributed by atoms with Gasteiger partial charge in [-0.2, -0.15) is 0 Å². The number of carbonyl (C=O) groups excluding carboxylic acids is 1. The molecule has 0 aliphatic carbocycles. The molecule has 0 saturated heterocycles. The minimum Gasteiger partial charge on any atom is -0.447 e. The van der Waals surface area contributed by atoms with E-state index in [0.29, 0.717) is 16.3 Å². The fourth-order valence-electron chi connectivity index (χ4n) is 1.53. The Morgan fingerprint density at radius 2 is 2.05 bits per heavy atom. The molecule has 0 aliphatic heterocycles. The van der Waals surface area contributed by atoms with E-state index in [1.54, 1.807) is 0 Å². The summed E-state index contributed by atoms with van der Waals surface area (Å²) in [4.78, 5) is 20.8. The Kier molecular flexibility index (Phi) is 4.09. The number of carbonyl (C=O) groups is 1. The fraction of sp³-hybridized carbons (Fsp3) is 0. The average molecular weight is 340 g/mol. The second-order valence-electron chi connectivity index (χ2n) is 3.75. The molecule has 2 aromatic rings. The van der Waals surface area contributed by atoms with Crippen molar-refractivity contribution in [1.82, 2.24) is 0 Å². The van der Waals surface area contributed by atoms with E-state index in [-0.39, 0.29) is 5.75 Å². The normalized spacial score (nSPS) is 10.1. The highest BCUT2D eigenvalue weighted by molar-refractivity contribution is 9.10. The molecule has 0 spiro atoms.